The van der Waals surface area contributed by atoms with Gasteiger partial charge in [-0.2, -0.15) is 0 Å². The van der Waals surface area contributed by atoms with Gasteiger partial charge in [0.1, 0.15) is 0 Å². The summed E-state index contributed by atoms with van der Waals surface area (Å²) in [6.45, 7) is 8.45. The van der Waals surface area contributed by atoms with E-state index >= 15 is 0 Å². The van der Waals surface area contributed by atoms with Crippen molar-refractivity contribution >= 4 is 11.9 Å². The van der Waals surface area contributed by atoms with Crippen LogP contribution in [0.15, 0.2) is 35.3 Å². The number of aliphatic imine (C=N–C) groups is 1. The van der Waals surface area contributed by atoms with E-state index in [0.29, 0.717) is 30.4 Å². The third-order valence-corrected chi connectivity index (χ3v) is 5.33. The molecule has 2 rings (SSSR count). The lowest BCUT2D eigenvalue weighted by molar-refractivity contribution is -0.131. The first-order valence-electron chi connectivity index (χ1n) is 9.78. The fourth-order valence-electron chi connectivity index (χ4n) is 3.18. The number of amides is 1. The van der Waals surface area contributed by atoms with E-state index in [1.54, 1.807) is 7.05 Å². The first-order chi connectivity index (χ1) is 12.5. The molecule has 1 aromatic carbocycles. The van der Waals surface area contributed by atoms with Crippen LogP contribution in [0.2, 0.25) is 0 Å². The van der Waals surface area contributed by atoms with Crippen LogP contribution in [0.25, 0.3) is 0 Å². The first-order valence-corrected chi connectivity index (χ1v) is 9.78. The number of nitrogens with zero attached hydrogens (tertiary/aromatic N) is 2. The standard InChI is InChI=1S/C21H34N4O/c1-16(2)17(3)24-21(22-4)23-15-20(26)25-12-10-19(11-13-25)14-18-8-6-5-7-9-18/h5-9,16-17,19H,10-15H2,1-4H3,(H2,22,23,24). The number of hydrogen-bond donors (Lipinski definition) is 2. The van der Waals surface area contributed by atoms with Crippen LogP contribution in [0.3, 0.4) is 0 Å². The molecule has 1 fully saturated rings. The van der Waals surface area contributed by atoms with Crippen LogP contribution in [0.1, 0.15) is 39.2 Å². The third-order valence-electron chi connectivity index (χ3n) is 5.33. The zero-order valence-electron chi connectivity index (χ0n) is 16.7. The fourth-order valence-corrected chi connectivity index (χ4v) is 3.18. The molecule has 0 aliphatic carbocycles. The molecule has 1 heterocycles. The van der Waals surface area contributed by atoms with Gasteiger partial charge in [0, 0.05) is 26.2 Å². The van der Waals surface area contributed by atoms with Crippen LogP contribution in [0.4, 0.5) is 0 Å². The van der Waals surface area contributed by atoms with Crippen molar-refractivity contribution in [2.45, 2.75) is 46.1 Å². The predicted molar refractivity (Wildman–Crippen MR) is 108 cm³/mol. The number of rotatable bonds is 6. The van der Waals surface area contributed by atoms with Crippen molar-refractivity contribution in [2.75, 3.05) is 26.7 Å². The van der Waals surface area contributed by atoms with Crippen molar-refractivity contribution < 1.29 is 4.79 Å². The largest absolute Gasteiger partial charge is 0.354 e. The number of nitrogens with one attached hydrogen (secondary N) is 2. The summed E-state index contributed by atoms with van der Waals surface area (Å²) >= 11 is 0. The molecule has 0 bridgehead atoms. The molecule has 2 N–H and O–H groups in total. The molecule has 0 radical (unpaired) electrons. The van der Waals surface area contributed by atoms with E-state index in [4.69, 9.17) is 0 Å². The summed E-state index contributed by atoms with van der Waals surface area (Å²) in [7, 11) is 1.74. The highest BCUT2D eigenvalue weighted by atomic mass is 16.2. The molecule has 1 saturated heterocycles. The average molecular weight is 359 g/mol. The molecule has 1 aromatic rings. The highest BCUT2D eigenvalue weighted by Crippen LogP contribution is 2.21. The molecule has 1 aliphatic rings. The molecule has 0 aromatic heterocycles. The minimum atomic E-state index is 0.156. The van der Waals surface area contributed by atoms with Gasteiger partial charge in [0.05, 0.1) is 6.54 Å². The van der Waals surface area contributed by atoms with Crippen molar-refractivity contribution in [1.82, 2.24) is 15.5 Å². The quantitative estimate of drug-likeness (QED) is 0.607. The summed E-state index contributed by atoms with van der Waals surface area (Å²) < 4.78 is 0. The van der Waals surface area contributed by atoms with Crippen LogP contribution in [0, 0.1) is 11.8 Å². The minimum Gasteiger partial charge on any atom is -0.354 e. The Kier molecular flexibility index (Phi) is 7.95. The summed E-state index contributed by atoms with van der Waals surface area (Å²) in [5, 5.41) is 6.48. The molecule has 26 heavy (non-hydrogen) atoms. The fraction of sp³-hybridized carbons (Fsp3) is 0.619. The average Bonchev–Trinajstić information content (AvgIpc) is 2.66. The topological polar surface area (TPSA) is 56.7 Å². The Balaban J connectivity index is 1.72. The van der Waals surface area contributed by atoms with Gasteiger partial charge in [-0.05, 0) is 43.6 Å². The lowest BCUT2D eigenvalue weighted by Gasteiger charge is -2.32. The maximum atomic E-state index is 12.5. The molecule has 5 nitrogen and oxygen atoms in total. The van der Waals surface area contributed by atoms with Gasteiger partial charge in [0.2, 0.25) is 5.91 Å². The number of likely N-dealkylation sites (tertiary alicyclic amines) is 1. The van der Waals surface area contributed by atoms with E-state index in [1.165, 1.54) is 5.56 Å². The number of hydrogen-bond acceptors (Lipinski definition) is 2. The van der Waals surface area contributed by atoms with Crippen molar-refractivity contribution in [3.8, 4) is 0 Å². The van der Waals surface area contributed by atoms with Crippen molar-refractivity contribution in [3.05, 3.63) is 35.9 Å². The van der Waals surface area contributed by atoms with E-state index in [-0.39, 0.29) is 5.91 Å². The van der Waals surface area contributed by atoms with E-state index < -0.39 is 0 Å². The molecule has 1 aliphatic heterocycles. The van der Waals surface area contributed by atoms with E-state index in [0.717, 1.165) is 32.4 Å². The van der Waals surface area contributed by atoms with E-state index in [9.17, 15) is 4.79 Å². The molecule has 5 heteroatoms. The number of carbonyl (C=O) groups is 1. The van der Waals surface area contributed by atoms with Crippen molar-refractivity contribution in [1.29, 1.82) is 0 Å². The normalized spacial score (nSPS) is 17.3. The molecule has 0 saturated carbocycles. The number of piperidine rings is 1. The Morgan fingerprint density at radius 3 is 2.42 bits per heavy atom. The van der Waals surface area contributed by atoms with E-state index in [1.807, 2.05) is 4.90 Å². The van der Waals surface area contributed by atoms with Crippen molar-refractivity contribution in [3.63, 3.8) is 0 Å². The van der Waals surface area contributed by atoms with Gasteiger partial charge in [-0.15, -0.1) is 0 Å². The number of benzene rings is 1. The molecular weight excluding hydrogens is 324 g/mol. The van der Waals surface area contributed by atoms with Crippen molar-refractivity contribution in [2.24, 2.45) is 16.8 Å². The summed E-state index contributed by atoms with van der Waals surface area (Å²) in [6.07, 6.45) is 3.28. The van der Waals surface area contributed by atoms with Crippen LogP contribution < -0.4 is 10.6 Å². The lowest BCUT2D eigenvalue weighted by Crippen LogP contribution is -2.49. The van der Waals surface area contributed by atoms with Gasteiger partial charge in [-0.3, -0.25) is 9.79 Å². The van der Waals surface area contributed by atoms with Crippen LogP contribution in [-0.2, 0) is 11.2 Å². The van der Waals surface area contributed by atoms with Gasteiger partial charge in [0.15, 0.2) is 5.96 Å². The minimum absolute atomic E-state index is 0.156. The van der Waals surface area contributed by atoms with Crippen LogP contribution >= 0.6 is 0 Å². The Morgan fingerprint density at radius 2 is 1.85 bits per heavy atom. The third kappa shape index (κ3) is 6.36. The second-order valence-corrected chi connectivity index (χ2v) is 7.62. The summed E-state index contributed by atoms with van der Waals surface area (Å²) in [5.74, 6) is 2.03. The predicted octanol–water partition coefficient (Wildman–Crippen LogP) is 2.68. The molecule has 1 atom stereocenters. The molecule has 1 unspecified atom stereocenters. The first kappa shape index (κ1) is 20.3. The number of guanidine groups is 1. The maximum absolute atomic E-state index is 12.5. The van der Waals surface area contributed by atoms with Gasteiger partial charge in [-0.1, -0.05) is 44.2 Å². The van der Waals surface area contributed by atoms with E-state index in [2.05, 4.69) is 66.7 Å². The van der Waals surface area contributed by atoms with Gasteiger partial charge >= 0.3 is 0 Å². The van der Waals surface area contributed by atoms with Crippen LogP contribution in [-0.4, -0.2) is 49.5 Å². The Morgan fingerprint density at radius 1 is 1.19 bits per heavy atom. The zero-order chi connectivity index (χ0) is 18.9. The Labute approximate surface area is 158 Å². The summed E-state index contributed by atoms with van der Waals surface area (Å²) in [5.41, 5.74) is 1.40. The molecular formula is C21H34N4O. The highest BCUT2D eigenvalue weighted by molar-refractivity contribution is 5.86. The van der Waals surface area contributed by atoms with Gasteiger partial charge in [0.25, 0.3) is 0 Å². The summed E-state index contributed by atoms with van der Waals surface area (Å²) in [4.78, 5) is 18.7. The molecule has 144 valence electrons. The van der Waals surface area contributed by atoms with Gasteiger partial charge in [-0.25, -0.2) is 0 Å². The molecule has 0 spiro atoms. The summed E-state index contributed by atoms with van der Waals surface area (Å²) in [6, 6.07) is 10.9. The highest BCUT2D eigenvalue weighted by Gasteiger charge is 2.23. The Hall–Kier alpha value is -2.04. The second kappa shape index (κ2) is 10.2. The zero-order valence-corrected chi connectivity index (χ0v) is 16.7. The second-order valence-electron chi connectivity index (χ2n) is 7.62. The SMILES string of the molecule is CN=C(NCC(=O)N1CCC(Cc2ccccc2)CC1)NC(C)C(C)C. The monoisotopic (exact) mass is 358 g/mol. The maximum Gasteiger partial charge on any atom is 0.241 e. The molecule has 1 amide bonds. The smallest absolute Gasteiger partial charge is 0.241 e. The lowest BCUT2D eigenvalue weighted by atomic mass is 9.90. The number of carbonyl (C=O) groups excluding carboxylic acids is 1. The Bertz CT molecular complexity index is 577. The van der Waals surface area contributed by atoms with Crippen LogP contribution in [0.5, 0.6) is 0 Å². The van der Waals surface area contributed by atoms with Gasteiger partial charge < -0.3 is 15.5 Å².